The van der Waals surface area contributed by atoms with E-state index in [-0.39, 0.29) is 17.7 Å². The minimum atomic E-state index is -0.374. The molecule has 0 aliphatic carbocycles. The van der Waals surface area contributed by atoms with Crippen molar-refractivity contribution in [2.24, 2.45) is 0 Å². The summed E-state index contributed by atoms with van der Waals surface area (Å²) < 4.78 is 13.4. The van der Waals surface area contributed by atoms with Crippen molar-refractivity contribution >= 4 is 92.9 Å². The number of halogens is 7. The van der Waals surface area contributed by atoms with Gasteiger partial charge in [-0.2, -0.15) is 0 Å². The summed E-state index contributed by atoms with van der Waals surface area (Å²) in [5.41, 5.74) is 1.51. The molecule has 49 heavy (non-hydrogen) atoms. The van der Waals surface area contributed by atoms with Crippen LogP contribution in [0, 0.1) is 19.7 Å². The lowest BCUT2D eigenvalue weighted by atomic mass is 10.2. The molecule has 4 heterocycles. The Morgan fingerprint density at radius 2 is 0.939 bits per heavy atom. The quantitative estimate of drug-likeness (QED) is 0.140. The molecule has 4 aromatic rings. The van der Waals surface area contributed by atoms with E-state index in [2.05, 4.69) is 55.1 Å². The third kappa shape index (κ3) is 17.8. The number of aryl methyl sites for hydroxylation is 1. The average Bonchev–Trinajstić information content (AvgIpc) is 2.98. The Labute approximate surface area is 320 Å². The van der Waals surface area contributed by atoms with E-state index in [1.807, 2.05) is 54.5 Å². The van der Waals surface area contributed by atoms with Gasteiger partial charge in [-0.15, -0.1) is 0 Å². The fourth-order valence-electron chi connectivity index (χ4n) is 3.48. The van der Waals surface area contributed by atoms with Crippen LogP contribution in [-0.4, -0.2) is 44.1 Å². The largest absolute Gasteiger partial charge is 0.368 e. The first-order chi connectivity index (χ1) is 22.8. The van der Waals surface area contributed by atoms with E-state index in [1.54, 1.807) is 31.5 Å². The summed E-state index contributed by atoms with van der Waals surface area (Å²) in [7, 11) is 0. The first-order valence-corrected chi connectivity index (χ1v) is 17.7. The van der Waals surface area contributed by atoms with Gasteiger partial charge in [0.05, 0.1) is 30.1 Å². The molecule has 8 nitrogen and oxygen atoms in total. The summed E-state index contributed by atoms with van der Waals surface area (Å²) in [5.74, 6) is 2.22. The van der Waals surface area contributed by atoms with E-state index >= 15 is 0 Å². The number of aromatic nitrogens is 4. The predicted molar refractivity (Wildman–Crippen MR) is 211 cm³/mol. The molecule has 0 amide bonds. The van der Waals surface area contributed by atoms with Gasteiger partial charge in [0, 0.05) is 60.6 Å². The van der Waals surface area contributed by atoms with Crippen LogP contribution < -0.4 is 21.3 Å². The summed E-state index contributed by atoms with van der Waals surface area (Å²) >= 11 is 34.5. The number of anilines is 4. The molecule has 4 aromatic heterocycles. The van der Waals surface area contributed by atoms with Gasteiger partial charge in [0.2, 0.25) is 0 Å². The van der Waals surface area contributed by atoms with Crippen LogP contribution in [-0.2, 0) is 0 Å². The van der Waals surface area contributed by atoms with Crippen molar-refractivity contribution in [1.29, 1.82) is 0 Å². The maximum atomic E-state index is 13.4. The molecule has 0 unspecified atom stereocenters. The van der Waals surface area contributed by atoms with E-state index in [0.717, 1.165) is 17.2 Å². The molecule has 0 aliphatic heterocycles. The van der Waals surface area contributed by atoms with Gasteiger partial charge < -0.3 is 21.3 Å². The fraction of sp³-hybridized carbons (Fsp3) is 0.412. The van der Waals surface area contributed by atoms with E-state index in [0.29, 0.717) is 59.6 Å². The third-order valence-corrected chi connectivity index (χ3v) is 7.37. The second kappa shape index (κ2) is 22.3. The van der Waals surface area contributed by atoms with Gasteiger partial charge in [-0.1, -0.05) is 69.6 Å². The first kappa shape index (κ1) is 44.5. The number of nitrogens with zero attached hydrogens (tertiary/aromatic N) is 4. The highest BCUT2D eigenvalue weighted by Gasteiger charge is 2.10. The second-order valence-corrected chi connectivity index (χ2v) is 14.4. The van der Waals surface area contributed by atoms with Gasteiger partial charge in [-0.3, -0.25) is 0 Å². The monoisotopic (exact) mass is 794 g/mol. The number of nitrogens with one attached hydrogen (secondary N) is 4. The lowest BCUT2D eigenvalue weighted by molar-refractivity contribution is 0.612. The van der Waals surface area contributed by atoms with Crippen LogP contribution in [0.25, 0.3) is 0 Å². The number of hydrogen-bond acceptors (Lipinski definition) is 8. The number of pyridine rings is 4. The van der Waals surface area contributed by atoms with Gasteiger partial charge in [0.15, 0.2) is 11.6 Å². The predicted octanol–water partition coefficient (Wildman–Crippen LogP) is 12.3. The SMILES string of the molecule is CC(C)Nc1cc(Cl)c(Cl)cn1.CC(C)Nc1ncc(Cl)cc1Cl.Cc1c(Cl)cnc(NC(C)C)c1F.Cc1cc(Cl)cnc1NC(C)C. The molecule has 0 spiro atoms. The molecule has 0 fully saturated rings. The van der Waals surface area contributed by atoms with E-state index in [4.69, 9.17) is 69.6 Å². The van der Waals surface area contributed by atoms with Crippen LogP contribution in [0.3, 0.4) is 0 Å². The summed E-state index contributed by atoms with van der Waals surface area (Å²) in [4.78, 5) is 16.1. The summed E-state index contributed by atoms with van der Waals surface area (Å²) in [6.07, 6.45) is 6.21. The molecule has 4 N–H and O–H groups in total. The highest BCUT2D eigenvalue weighted by molar-refractivity contribution is 6.42. The molecule has 0 aliphatic rings. The van der Waals surface area contributed by atoms with Crippen LogP contribution in [0.2, 0.25) is 30.1 Å². The van der Waals surface area contributed by atoms with Crippen LogP contribution in [0.5, 0.6) is 0 Å². The van der Waals surface area contributed by atoms with Crippen LogP contribution in [0.1, 0.15) is 66.5 Å². The van der Waals surface area contributed by atoms with E-state index in [1.165, 1.54) is 12.4 Å². The Bertz CT molecular complexity index is 1550. The maximum Gasteiger partial charge on any atom is 0.169 e. The molecule has 4 rings (SSSR count). The molecule has 270 valence electrons. The zero-order valence-electron chi connectivity index (χ0n) is 29.3. The van der Waals surface area contributed by atoms with Gasteiger partial charge >= 0.3 is 0 Å². The zero-order chi connectivity index (χ0) is 37.4. The topological polar surface area (TPSA) is 99.7 Å². The highest BCUT2D eigenvalue weighted by atomic mass is 35.5. The van der Waals surface area contributed by atoms with Crippen LogP contribution >= 0.6 is 69.6 Å². The van der Waals surface area contributed by atoms with Crippen LogP contribution in [0.15, 0.2) is 43.0 Å². The Balaban J connectivity index is 0.000000327. The number of rotatable bonds is 8. The maximum absolute atomic E-state index is 13.4. The zero-order valence-corrected chi connectivity index (χ0v) is 33.8. The molecular formula is C34H45Cl6FN8. The molecule has 0 saturated carbocycles. The second-order valence-electron chi connectivity index (χ2n) is 11.9. The summed E-state index contributed by atoms with van der Waals surface area (Å²) in [6.45, 7) is 19.7. The van der Waals surface area contributed by atoms with Gasteiger partial charge in [-0.25, -0.2) is 24.3 Å². The summed E-state index contributed by atoms with van der Waals surface area (Å²) in [6, 6.07) is 6.50. The Kier molecular flexibility index (Phi) is 20.3. The van der Waals surface area contributed by atoms with Crippen molar-refractivity contribution in [3.8, 4) is 0 Å². The van der Waals surface area contributed by atoms with Crippen molar-refractivity contribution in [2.45, 2.75) is 93.4 Å². The minimum Gasteiger partial charge on any atom is -0.368 e. The Hall–Kier alpha value is -2.53. The molecule has 0 bridgehead atoms. The van der Waals surface area contributed by atoms with Gasteiger partial charge in [0.1, 0.15) is 17.5 Å². The smallest absolute Gasteiger partial charge is 0.169 e. The molecule has 0 aromatic carbocycles. The minimum absolute atomic E-state index is 0.155. The van der Waals surface area contributed by atoms with E-state index < -0.39 is 0 Å². The number of hydrogen-bond donors (Lipinski definition) is 4. The van der Waals surface area contributed by atoms with Crippen molar-refractivity contribution in [2.75, 3.05) is 21.3 Å². The average molecular weight is 798 g/mol. The highest BCUT2D eigenvalue weighted by Crippen LogP contribution is 2.24. The van der Waals surface area contributed by atoms with Crippen molar-refractivity contribution in [3.63, 3.8) is 0 Å². The van der Waals surface area contributed by atoms with Gasteiger partial charge in [0.25, 0.3) is 0 Å². The molecule has 15 heteroatoms. The normalized spacial score (nSPS) is 10.5. The van der Waals surface area contributed by atoms with Crippen molar-refractivity contribution < 1.29 is 4.39 Å². The fourth-order valence-corrected chi connectivity index (χ4v) is 4.51. The molecular weight excluding hydrogens is 752 g/mol. The van der Waals surface area contributed by atoms with Crippen molar-refractivity contribution in [1.82, 2.24) is 19.9 Å². The summed E-state index contributed by atoms with van der Waals surface area (Å²) in [5, 5.41) is 15.5. The first-order valence-electron chi connectivity index (χ1n) is 15.4. The molecule has 0 atom stereocenters. The van der Waals surface area contributed by atoms with Gasteiger partial charge in [-0.05, 0) is 86.9 Å². The van der Waals surface area contributed by atoms with E-state index in [9.17, 15) is 4.39 Å². The third-order valence-electron chi connectivity index (χ3n) is 5.58. The Morgan fingerprint density at radius 3 is 1.43 bits per heavy atom. The lowest BCUT2D eigenvalue weighted by Gasteiger charge is -2.11. The molecule has 0 radical (unpaired) electrons. The lowest BCUT2D eigenvalue weighted by Crippen LogP contribution is -2.13. The van der Waals surface area contributed by atoms with Crippen molar-refractivity contribution in [3.05, 3.63) is 90.1 Å². The standard InChI is InChI=1S/C9H12ClFN2.C9H13ClN2.2C8H10Cl2N2/c1-5(2)13-9-8(11)6(3)7(10)4-12-9;1-6(2)12-9-7(3)4-8(10)5-11-9;1-5(2)12-8-3-6(9)7(10)4-11-8;1-5(2)12-8-7(10)3-6(9)4-11-8/h4-5H,1-3H3,(H,12,13);4-6H,1-3H3,(H,11,12);2*3-5H,1-2H3,(H,11,12). The van der Waals surface area contributed by atoms with Crippen LogP contribution in [0.4, 0.5) is 27.7 Å². The molecule has 0 saturated heterocycles. The Morgan fingerprint density at radius 1 is 0.490 bits per heavy atom.